The van der Waals surface area contributed by atoms with Crippen LogP contribution in [0.25, 0.3) is 0 Å². The molecule has 1 heterocycles. The first-order chi connectivity index (χ1) is 8.37. The first-order valence-electron chi connectivity index (χ1n) is 6.59. The van der Waals surface area contributed by atoms with Crippen molar-refractivity contribution in [2.45, 2.75) is 31.7 Å². The van der Waals surface area contributed by atoms with Crippen LogP contribution in [0.15, 0.2) is 0 Å². The average Bonchev–Trinajstić information content (AvgIpc) is 2.83. The molecule has 2 rings (SSSR count). The topological polar surface area (TPSA) is 80.5 Å². The number of sulfone groups is 1. The van der Waals surface area contributed by atoms with E-state index in [9.17, 15) is 13.2 Å². The van der Waals surface area contributed by atoms with Crippen LogP contribution in [-0.2, 0) is 14.6 Å². The molecule has 1 saturated heterocycles. The molecule has 6 heteroatoms. The minimum atomic E-state index is -3.04. The van der Waals surface area contributed by atoms with Crippen LogP contribution in [0.2, 0.25) is 0 Å². The zero-order valence-corrected chi connectivity index (χ0v) is 11.7. The van der Waals surface area contributed by atoms with Gasteiger partial charge in [0.15, 0.2) is 0 Å². The van der Waals surface area contributed by atoms with Crippen LogP contribution < -0.4 is 5.73 Å². The van der Waals surface area contributed by atoms with Gasteiger partial charge in [0, 0.05) is 19.3 Å². The van der Waals surface area contributed by atoms with E-state index in [4.69, 9.17) is 5.73 Å². The van der Waals surface area contributed by atoms with Crippen LogP contribution in [0.5, 0.6) is 0 Å². The van der Waals surface area contributed by atoms with Crippen LogP contribution in [0, 0.1) is 11.8 Å². The fourth-order valence-electron chi connectivity index (χ4n) is 3.11. The standard InChI is InChI=1S/C12H22N2O3S/c1-18(16,17)6-5-11(13)12(15)14-7-9-3-2-4-10(9)8-14/h9-11H,2-8,13H2,1H3. The van der Waals surface area contributed by atoms with Crippen LogP contribution in [0.1, 0.15) is 25.7 Å². The van der Waals surface area contributed by atoms with Gasteiger partial charge in [0.1, 0.15) is 9.84 Å². The highest BCUT2D eigenvalue weighted by Gasteiger charge is 2.39. The molecule has 2 N–H and O–H groups in total. The highest BCUT2D eigenvalue weighted by molar-refractivity contribution is 7.90. The molecule has 3 atom stereocenters. The average molecular weight is 274 g/mol. The van der Waals surface area contributed by atoms with Gasteiger partial charge in [-0.2, -0.15) is 0 Å². The number of nitrogens with zero attached hydrogens (tertiary/aromatic N) is 1. The summed E-state index contributed by atoms with van der Waals surface area (Å²) in [7, 11) is -3.04. The van der Waals surface area contributed by atoms with Crippen LogP contribution in [0.3, 0.4) is 0 Å². The van der Waals surface area contributed by atoms with Crippen molar-refractivity contribution >= 4 is 15.7 Å². The normalized spacial score (nSPS) is 29.3. The number of likely N-dealkylation sites (tertiary alicyclic amines) is 1. The molecule has 0 aromatic rings. The Bertz CT molecular complexity index is 409. The Morgan fingerprint density at radius 3 is 2.39 bits per heavy atom. The Morgan fingerprint density at radius 1 is 1.33 bits per heavy atom. The van der Waals surface area contributed by atoms with Crippen LogP contribution >= 0.6 is 0 Å². The lowest BCUT2D eigenvalue weighted by Gasteiger charge is -2.21. The summed E-state index contributed by atoms with van der Waals surface area (Å²) in [5.74, 6) is 1.21. The van der Waals surface area contributed by atoms with E-state index in [0.29, 0.717) is 11.8 Å². The molecule has 2 aliphatic rings. The van der Waals surface area contributed by atoms with Gasteiger partial charge in [-0.3, -0.25) is 4.79 Å². The third kappa shape index (κ3) is 3.23. The molecule has 1 aliphatic carbocycles. The molecular formula is C12H22N2O3S. The molecule has 0 aromatic carbocycles. The minimum absolute atomic E-state index is 0.0133. The summed E-state index contributed by atoms with van der Waals surface area (Å²) in [6.07, 6.45) is 5.10. The van der Waals surface area contributed by atoms with Gasteiger partial charge < -0.3 is 10.6 Å². The van der Waals surface area contributed by atoms with E-state index in [0.717, 1.165) is 13.1 Å². The molecule has 2 fully saturated rings. The predicted molar refractivity (Wildman–Crippen MR) is 69.7 cm³/mol. The van der Waals surface area contributed by atoms with Gasteiger partial charge in [0.25, 0.3) is 0 Å². The second-order valence-corrected chi connectivity index (χ2v) is 7.98. The number of amides is 1. The predicted octanol–water partition coefficient (Wildman–Crippen LogP) is 0.00690. The monoisotopic (exact) mass is 274 g/mol. The Labute approximate surface area is 109 Å². The molecule has 3 unspecified atom stereocenters. The van der Waals surface area contributed by atoms with Crippen LogP contribution in [0.4, 0.5) is 0 Å². The molecular weight excluding hydrogens is 252 g/mol. The first-order valence-corrected chi connectivity index (χ1v) is 8.65. The highest BCUT2D eigenvalue weighted by Crippen LogP contribution is 2.37. The molecule has 0 radical (unpaired) electrons. The zero-order valence-electron chi connectivity index (χ0n) is 10.8. The Morgan fingerprint density at radius 2 is 1.89 bits per heavy atom. The number of carbonyl (C=O) groups is 1. The zero-order chi connectivity index (χ0) is 13.3. The van der Waals surface area contributed by atoms with Gasteiger partial charge in [-0.25, -0.2) is 8.42 Å². The summed E-state index contributed by atoms with van der Waals surface area (Å²) < 4.78 is 22.1. The minimum Gasteiger partial charge on any atom is -0.341 e. The SMILES string of the molecule is CS(=O)(=O)CCC(N)C(=O)N1CC2CCCC2C1. The van der Waals surface area contributed by atoms with Crippen LogP contribution in [-0.4, -0.2) is 50.4 Å². The van der Waals surface area contributed by atoms with Crippen molar-refractivity contribution in [1.29, 1.82) is 0 Å². The molecule has 1 saturated carbocycles. The van der Waals surface area contributed by atoms with Gasteiger partial charge in [0.2, 0.25) is 5.91 Å². The van der Waals surface area contributed by atoms with Crippen molar-refractivity contribution in [3.63, 3.8) is 0 Å². The first kappa shape index (κ1) is 13.8. The van der Waals surface area contributed by atoms with Gasteiger partial charge >= 0.3 is 0 Å². The number of nitrogens with two attached hydrogens (primary N) is 1. The van der Waals surface area contributed by atoms with Gasteiger partial charge in [-0.1, -0.05) is 6.42 Å². The maximum atomic E-state index is 12.1. The van der Waals surface area contributed by atoms with E-state index in [1.807, 2.05) is 4.90 Å². The van der Waals surface area contributed by atoms with E-state index < -0.39 is 15.9 Å². The number of hydrogen-bond donors (Lipinski definition) is 1. The van der Waals surface area contributed by atoms with Crippen molar-refractivity contribution in [2.75, 3.05) is 25.1 Å². The van der Waals surface area contributed by atoms with Crippen molar-refractivity contribution in [1.82, 2.24) is 4.90 Å². The molecule has 1 amide bonds. The van der Waals surface area contributed by atoms with E-state index in [-0.39, 0.29) is 18.1 Å². The molecule has 5 nitrogen and oxygen atoms in total. The molecule has 1 aliphatic heterocycles. The third-order valence-corrected chi connectivity index (χ3v) is 5.13. The lowest BCUT2D eigenvalue weighted by Crippen LogP contribution is -2.43. The second-order valence-electron chi connectivity index (χ2n) is 5.72. The molecule has 0 bridgehead atoms. The second kappa shape index (κ2) is 5.17. The number of rotatable bonds is 4. The summed E-state index contributed by atoms with van der Waals surface area (Å²) in [5, 5.41) is 0. The maximum absolute atomic E-state index is 12.1. The Balaban J connectivity index is 1.84. The van der Waals surface area contributed by atoms with Crippen molar-refractivity contribution in [2.24, 2.45) is 17.6 Å². The molecule has 0 aromatic heterocycles. The van der Waals surface area contributed by atoms with Crippen molar-refractivity contribution < 1.29 is 13.2 Å². The largest absolute Gasteiger partial charge is 0.341 e. The summed E-state index contributed by atoms with van der Waals surface area (Å²) in [4.78, 5) is 13.9. The maximum Gasteiger partial charge on any atom is 0.239 e. The van der Waals surface area contributed by atoms with Crippen molar-refractivity contribution in [3.05, 3.63) is 0 Å². The lowest BCUT2D eigenvalue weighted by molar-refractivity contribution is -0.131. The fraction of sp³-hybridized carbons (Fsp3) is 0.917. The summed E-state index contributed by atoms with van der Waals surface area (Å²) in [6, 6.07) is -0.668. The van der Waals surface area contributed by atoms with Gasteiger partial charge in [0.05, 0.1) is 11.8 Å². The van der Waals surface area contributed by atoms with E-state index in [1.54, 1.807) is 0 Å². The fourth-order valence-corrected chi connectivity index (χ4v) is 3.80. The highest BCUT2D eigenvalue weighted by atomic mass is 32.2. The smallest absolute Gasteiger partial charge is 0.239 e. The molecule has 18 heavy (non-hydrogen) atoms. The summed E-state index contributed by atoms with van der Waals surface area (Å²) in [5.41, 5.74) is 5.80. The summed E-state index contributed by atoms with van der Waals surface area (Å²) in [6.45, 7) is 1.63. The Hall–Kier alpha value is -0.620. The third-order valence-electron chi connectivity index (χ3n) is 4.15. The summed E-state index contributed by atoms with van der Waals surface area (Å²) >= 11 is 0. The number of fused-ring (bicyclic) bond motifs is 1. The molecule has 104 valence electrons. The Kier molecular flexibility index (Phi) is 3.96. The van der Waals surface area contributed by atoms with E-state index in [1.165, 1.54) is 25.5 Å². The van der Waals surface area contributed by atoms with Gasteiger partial charge in [-0.05, 0) is 31.1 Å². The van der Waals surface area contributed by atoms with E-state index >= 15 is 0 Å². The number of carbonyl (C=O) groups excluding carboxylic acids is 1. The molecule has 0 spiro atoms. The van der Waals surface area contributed by atoms with Gasteiger partial charge in [-0.15, -0.1) is 0 Å². The number of hydrogen-bond acceptors (Lipinski definition) is 4. The van der Waals surface area contributed by atoms with E-state index in [2.05, 4.69) is 0 Å². The quantitative estimate of drug-likeness (QED) is 0.783. The lowest BCUT2D eigenvalue weighted by atomic mass is 10.0. The van der Waals surface area contributed by atoms with Crippen molar-refractivity contribution in [3.8, 4) is 0 Å².